The lowest BCUT2D eigenvalue weighted by Gasteiger charge is -2.07. The third-order valence-corrected chi connectivity index (χ3v) is 1.21. The average molecular weight is 158 g/mol. The number of amides is 2. The summed E-state index contributed by atoms with van der Waals surface area (Å²) in [7, 11) is 0. The van der Waals surface area contributed by atoms with Gasteiger partial charge in [0.25, 0.3) is 0 Å². The summed E-state index contributed by atoms with van der Waals surface area (Å²) in [5.74, 6) is 0.516. The van der Waals surface area contributed by atoms with Gasteiger partial charge in [0.05, 0.1) is 0 Å². The Morgan fingerprint density at radius 1 is 1.36 bits per heavy atom. The van der Waals surface area contributed by atoms with Crippen LogP contribution in [-0.4, -0.2) is 19.1 Å². The fraction of sp³-hybridized carbons (Fsp3) is 0.875. The van der Waals surface area contributed by atoms with Crippen molar-refractivity contribution in [1.29, 1.82) is 0 Å². The third kappa shape index (κ3) is 7.16. The molecule has 66 valence electrons. The number of carbonyl (C=O) groups excluding carboxylic acids is 1. The van der Waals surface area contributed by atoms with Gasteiger partial charge in [0.1, 0.15) is 0 Å². The zero-order valence-electron chi connectivity index (χ0n) is 7.61. The lowest BCUT2D eigenvalue weighted by Crippen LogP contribution is -2.37. The predicted molar refractivity (Wildman–Crippen MR) is 46.5 cm³/mol. The molecule has 0 aliphatic heterocycles. The van der Waals surface area contributed by atoms with Crippen molar-refractivity contribution in [3.8, 4) is 0 Å². The molecule has 0 saturated carbocycles. The Bertz CT molecular complexity index is 113. The van der Waals surface area contributed by atoms with Crippen molar-refractivity contribution in [3.63, 3.8) is 0 Å². The lowest BCUT2D eigenvalue weighted by atomic mass is 10.2. The van der Waals surface area contributed by atoms with E-state index in [1.54, 1.807) is 0 Å². The van der Waals surface area contributed by atoms with E-state index >= 15 is 0 Å². The summed E-state index contributed by atoms with van der Waals surface area (Å²) < 4.78 is 0. The first-order chi connectivity index (χ1) is 5.16. The smallest absolute Gasteiger partial charge is 0.314 e. The minimum Gasteiger partial charge on any atom is -0.338 e. The van der Waals surface area contributed by atoms with Gasteiger partial charge in [-0.3, -0.25) is 0 Å². The van der Waals surface area contributed by atoms with Gasteiger partial charge in [0, 0.05) is 13.1 Å². The Hall–Kier alpha value is -0.730. The van der Waals surface area contributed by atoms with Gasteiger partial charge in [-0.1, -0.05) is 20.8 Å². The number of nitrogens with one attached hydrogen (secondary N) is 2. The van der Waals surface area contributed by atoms with Crippen LogP contribution >= 0.6 is 0 Å². The van der Waals surface area contributed by atoms with Gasteiger partial charge in [-0.25, -0.2) is 4.79 Å². The highest BCUT2D eigenvalue weighted by molar-refractivity contribution is 5.73. The van der Waals surface area contributed by atoms with Gasteiger partial charge < -0.3 is 10.6 Å². The summed E-state index contributed by atoms with van der Waals surface area (Å²) in [6, 6.07) is -0.0550. The lowest BCUT2D eigenvalue weighted by molar-refractivity contribution is 0.239. The second-order valence-corrected chi connectivity index (χ2v) is 3.03. The first-order valence-electron chi connectivity index (χ1n) is 4.18. The molecule has 0 heterocycles. The molecule has 0 atom stereocenters. The first-order valence-corrected chi connectivity index (χ1v) is 4.18. The minimum atomic E-state index is -0.0550. The van der Waals surface area contributed by atoms with Crippen molar-refractivity contribution in [2.45, 2.75) is 27.2 Å². The summed E-state index contributed by atoms with van der Waals surface area (Å²) in [5.41, 5.74) is 0. The van der Waals surface area contributed by atoms with E-state index in [-0.39, 0.29) is 6.03 Å². The van der Waals surface area contributed by atoms with E-state index in [0.717, 1.165) is 19.5 Å². The Kier molecular flexibility index (Phi) is 5.61. The quantitative estimate of drug-likeness (QED) is 0.637. The highest BCUT2D eigenvalue weighted by atomic mass is 16.2. The molecule has 0 saturated heterocycles. The number of urea groups is 1. The number of carbonyl (C=O) groups is 1. The Morgan fingerprint density at radius 2 is 2.00 bits per heavy atom. The molecule has 0 aliphatic carbocycles. The molecule has 0 fully saturated rings. The van der Waals surface area contributed by atoms with E-state index in [0.29, 0.717) is 5.92 Å². The second kappa shape index (κ2) is 6.01. The standard InChI is InChI=1S/C8H18N2O/c1-4-5-9-8(11)10-6-7(2)3/h7H,4-6H2,1-3H3,(H2,9,10,11). The van der Waals surface area contributed by atoms with Crippen molar-refractivity contribution in [3.05, 3.63) is 0 Å². The van der Waals surface area contributed by atoms with Crippen LogP contribution in [0.5, 0.6) is 0 Å². The van der Waals surface area contributed by atoms with Crippen molar-refractivity contribution < 1.29 is 4.79 Å². The number of rotatable bonds is 4. The monoisotopic (exact) mass is 158 g/mol. The van der Waals surface area contributed by atoms with E-state index in [9.17, 15) is 4.79 Å². The summed E-state index contributed by atoms with van der Waals surface area (Å²) in [6.07, 6.45) is 0.981. The molecule has 2 amide bonds. The fourth-order valence-electron chi connectivity index (χ4n) is 0.598. The molecule has 0 radical (unpaired) electrons. The van der Waals surface area contributed by atoms with Gasteiger partial charge in [0.15, 0.2) is 0 Å². The molecule has 0 aromatic rings. The zero-order valence-corrected chi connectivity index (χ0v) is 7.61. The van der Waals surface area contributed by atoms with E-state index in [1.807, 2.05) is 6.92 Å². The van der Waals surface area contributed by atoms with Gasteiger partial charge in [-0.15, -0.1) is 0 Å². The average Bonchev–Trinajstić information content (AvgIpc) is 1.97. The van der Waals surface area contributed by atoms with Crippen LogP contribution in [0.1, 0.15) is 27.2 Å². The van der Waals surface area contributed by atoms with Gasteiger partial charge >= 0.3 is 6.03 Å². The first kappa shape index (κ1) is 10.3. The molecule has 0 aromatic carbocycles. The number of hydrogen-bond acceptors (Lipinski definition) is 1. The van der Waals surface area contributed by atoms with Crippen molar-refractivity contribution in [2.75, 3.05) is 13.1 Å². The van der Waals surface area contributed by atoms with Crippen LogP contribution in [0.3, 0.4) is 0 Å². The molecule has 0 aliphatic rings. The molecule has 0 spiro atoms. The van der Waals surface area contributed by atoms with Crippen LogP contribution in [0.2, 0.25) is 0 Å². The predicted octanol–water partition coefficient (Wildman–Crippen LogP) is 1.35. The van der Waals surface area contributed by atoms with Crippen LogP contribution < -0.4 is 10.6 Å². The van der Waals surface area contributed by atoms with E-state index < -0.39 is 0 Å². The second-order valence-electron chi connectivity index (χ2n) is 3.03. The zero-order chi connectivity index (χ0) is 8.69. The molecule has 3 nitrogen and oxygen atoms in total. The van der Waals surface area contributed by atoms with Crippen LogP contribution in [0, 0.1) is 5.92 Å². The molecule has 0 unspecified atom stereocenters. The van der Waals surface area contributed by atoms with Crippen molar-refractivity contribution >= 4 is 6.03 Å². The normalized spacial score (nSPS) is 9.82. The SMILES string of the molecule is CCCNC(=O)NCC(C)C. The van der Waals surface area contributed by atoms with E-state index in [2.05, 4.69) is 24.5 Å². The summed E-state index contributed by atoms with van der Waals surface area (Å²) in [6.45, 7) is 7.67. The maximum absolute atomic E-state index is 10.9. The van der Waals surface area contributed by atoms with Crippen LogP contribution in [0.15, 0.2) is 0 Å². The molecule has 11 heavy (non-hydrogen) atoms. The molecule has 2 N–H and O–H groups in total. The van der Waals surface area contributed by atoms with Crippen LogP contribution in [0.4, 0.5) is 4.79 Å². The highest BCUT2D eigenvalue weighted by Crippen LogP contribution is 1.86. The highest BCUT2D eigenvalue weighted by Gasteiger charge is 1.98. The molecule has 0 aromatic heterocycles. The molecular weight excluding hydrogens is 140 g/mol. The molecule has 3 heteroatoms. The molecule has 0 bridgehead atoms. The summed E-state index contributed by atoms with van der Waals surface area (Å²) in [5, 5.41) is 5.50. The Morgan fingerprint density at radius 3 is 2.45 bits per heavy atom. The molecular formula is C8H18N2O. The van der Waals surface area contributed by atoms with Crippen LogP contribution in [0.25, 0.3) is 0 Å². The van der Waals surface area contributed by atoms with E-state index in [1.165, 1.54) is 0 Å². The Labute approximate surface area is 68.6 Å². The van der Waals surface area contributed by atoms with Gasteiger partial charge in [-0.2, -0.15) is 0 Å². The third-order valence-electron chi connectivity index (χ3n) is 1.21. The van der Waals surface area contributed by atoms with Crippen molar-refractivity contribution in [1.82, 2.24) is 10.6 Å². The van der Waals surface area contributed by atoms with Crippen LogP contribution in [-0.2, 0) is 0 Å². The minimum absolute atomic E-state index is 0.0550. The van der Waals surface area contributed by atoms with Gasteiger partial charge in [0.2, 0.25) is 0 Å². The number of hydrogen-bond donors (Lipinski definition) is 2. The maximum atomic E-state index is 10.9. The van der Waals surface area contributed by atoms with Gasteiger partial charge in [-0.05, 0) is 12.3 Å². The van der Waals surface area contributed by atoms with Crippen molar-refractivity contribution in [2.24, 2.45) is 5.92 Å². The Balaban J connectivity index is 3.23. The molecule has 0 rings (SSSR count). The maximum Gasteiger partial charge on any atom is 0.314 e. The topological polar surface area (TPSA) is 41.1 Å². The fourth-order valence-corrected chi connectivity index (χ4v) is 0.598. The van der Waals surface area contributed by atoms with E-state index in [4.69, 9.17) is 0 Å². The summed E-state index contributed by atoms with van der Waals surface area (Å²) in [4.78, 5) is 10.9. The largest absolute Gasteiger partial charge is 0.338 e. The summed E-state index contributed by atoms with van der Waals surface area (Å²) >= 11 is 0.